The van der Waals surface area contributed by atoms with E-state index < -0.39 is 0 Å². The lowest BCUT2D eigenvalue weighted by Crippen LogP contribution is -1.86. The topological polar surface area (TPSA) is 26.0 Å². The fourth-order valence-corrected chi connectivity index (χ4v) is 4.12. The van der Waals surface area contributed by atoms with Gasteiger partial charge in [-0.2, -0.15) is 0 Å². The van der Waals surface area contributed by atoms with Crippen molar-refractivity contribution < 1.29 is 4.42 Å². The number of halogens is 1. The highest BCUT2D eigenvalue weighted by Crippen LogP contribution is 2.37. The molecule has 0 spiro atoms. The van der Waals surface area contributed by atoms with Crippen molar-refractivity contribution in [3.8, 4) is 22.3 Å². The molecule has 3 aromatic carbocycles. The molecule has 0 fully saturated rings. The maximum Gasteiger partial charge on any atom is 0.149 e. The molecule has 0 aliphatic rings. The van der Waals surface area contributed by atoms with E-state index in [0.29, 0.717) is 0 Å². The van der Waals surface area contributed by atoms with E-state index in [-0.39, 0.29) is 0 Å². The zero-order chi connectivity index (χ0) is 18.4. The third-order valence-electron chi connectivity index (χ3n) is 4.97. The molecule has 3 heteroatoms. The summed E-state index contributed by atoms with van der Waals surface area (Å²) >= 11 is 3.68. The zero-order valence-electron chi connectivity index (χ0n) is 14.7. The van der Waals surface area contributed by atoms with Gasteiger partial charge in [-0.05, 0) is 63.8 Å². The van der Waals surface area contributed by atoms with E-state index in [9.17, 15) is 0 Å². The highest BCUT2D eigenvalue weighted by Gasteiger charge is 2.12. The van der Waals surface area contributed by atoms with Crippen LogP contribution in [0.5, 0.6) is 0 Å². The molecule has 5 aromatic rings. The summed E-state index contributed by atoms with van der Waals surface area (Å²) in [7, 11) is 0. The monoisotopic (exact) mass is 413 g/mol. The Bertz CT molecular complexity index is 1290. The molecule has 0 N–H and O–H groups in total. The molecule has 0 amide bonds. The number of nitrogens with zero attached hydrogens (tertiary/aromatic N) is 1. The highest BCUT2D eigenvalue weighted by atomic mass is 79.9. The van der Waals surface area contributed by atoms with Crippen LogP contribution in [-0.4, -0.2) is 4.98 Å². The predicted molar refractivity (Wildman–Crippen MR) is 115 cm³/mol. The average molecular weight is 414 g/mol. The zero-order valence-corrected chi connectivity index (χ0v) is 16.3. The van der Waals surface area contributed by atoms with Gasteiger partial charge in [0.2, 0.25) is 0 Å². The van der Waals surface area contributed by atoms with Crippen molar-refractivity contribution >= 4 is 37.9 Å². The van der Waals surface area contributed by atoms with Crippen molar-refractivity contribution in [2.75, 3.05) is 0 Å². The van der Waals surface area contributed by atoms with Gasteiger partial charge in [-0.3, -0.25) is 4.98 Å². The van der Waals surface area contributed by atoms with Crippen LogP contribution in [0, 0.1) is 6.92 Å². The lowest BCUT2D eigenvalue weighted by Gasteiger charge is -2.08. The fraction of sp³-hybridized carbons (Fsp3) is 0.0417. The second-order valence-corrected chi connectivity index (χ2v) is 7.50. The molecule has 0 aliphatic carbocycles. The minimum absolute atomic E-state index is 0.891. The number of hydrogen-bond donors (Lipinski definition) is 0. The molecule has 0 atom stereocenters. The minimum atomic E-state index is 0.891. The molecule has 2 nitrogen and oxygen atoms in total. The molecular weight excluding hydrogens is 398 g/mol. The number of rotatable bonds is 2. The summed E-state index contributed by atoms with van der Waals surface area (Å²) in [5.41, 5.74) is 7.53. The van der Waals surface area contributed by atoms with Crippen molar-refractivity contribution in [2.45, 2.75) is 6.92 Å². The van der Waals surface area contributed by atoms with Gasteiger partial charge in [0, 0.05) is 28.2 Å². The number of para-hydroxylation sites is 1. The molecule has 0 radical (unpaired) electrons. The molecule has 0 saturated heterocycles. The molecule has 0 bridgehead atoms. The Morgan fingerprint density at radius 2 is 1.56 bits per heavy atom. The van der Waals surface area contributed by atoms with Crippen LogP contribution in [0.3, 0.4) is 0 Å². The Kier molecular flexibility index (Phi) is 3.83. The van der Waals surface area contributed by atoms with E-state index in [4.69, 9.17) is 4.42 Å². The number of benzene rings is 3. The van der Waals surface area contributed by atoms with Gasteiger partial charge in [0.15, 0.2) is 0 Å². The summed E-state index contributed by atoms with van der Waals surface area (Å²) in [5, 5.41) is 2.26. The SMILES string of the molecule is Cc1ncccc1-c1ccc(-c2cc(Br)c3oc4ccccc4c3c2)cc1. The standard InChI is InChI=1S/C24H16BrNO/c1-15-19(6-4-12-26-15)17-10-8-16(9-11-17)18-13-21-20-5-2-3-7-23(20)27-24(21)22(25)14-18/h2-14H,1H3. The lowest BCUT2D eigenvalue weighted by molar-refractivity contribution is 0.667. The van der Waals surface area contributed by atoms with Crippen molar-refractivity contribution in [3.63, 3.8) is 0 Å². The van der Waals surface area contributed by atoms with Crippen LogP contribution in [0.4, 0.5) is 0 Å². The molecule has 0 unspecified atom stereocenters. The molecule has 0 aliphatic heterocycles. The quantitative estimate of drug-likeness (QED) is 0.301. The summed E-state index contributed by atoms with van der Waals surface area (Å²) in [5.74, 6) is 0. The van der Waals surface area contributed by atoms with E-state index in [1.54, 1.807) is 0 Å². The van der Waals surface area contributed by atoms with Crippen molar-refractivity contribution in [1.29, 1.82) is 0 Å². The molecule has 0 saturated carbocycles. The van der Waals surface area contributed by atoms with Gasteiger partial charge in [-0.1, -0.05) is 48.5 Å². The van der Waals surface area contributed by atoms with Crippen molar-refractivity contribution in [3.05, 3.63) is 89.2 Å². The van der Waals surface area contributed by atoms with Crippen LogP contribution in [-0.2, 0) is 0 Å². The molecule has 5 rings (SSSR count). The van der Waals surface area contributed by atoms with Gasteiger partial charge in [0.25, 0.3) is 0 Å². The molecular formula is C24H16BrNO. The van der Waals surface area contributed by atoms with Gasteiger partial charge in [-0.25, -0.2) is 0 Å². The fourth-order valence-electron chi connectivity index (χ4n) is 3.58. The van der Waals surface area contributed by atoms with Crippen LogP contribution in [0.1, 0.15) is 5.69 Å². The third-order valence-corrected chi connectivity index (χ3v) is 5.56. The van der Waals surface area contributed by atoms with Crippen LogP contribution in [0.15, 0.2) is 87.9 Å². The maximum atomic E-state index is 6.01. The maximum absolute atomic E-state index is 6.01. The number of furan rings is 1. The van der Waals surface area contributed by atoms with Gasteiger partial charge < -0.3 is 4.42 Å². The first-order valence-electron chi connectivity index (χ1n) is 8.84. The van der Waals surface area contributed by atoms with Gasteiger partial charge in [0.05, 0.1) is 4.47 Å². The third kappa shape index (κ3) is 2.75. The Morgan fingerprint density at radius 3 is 2.37 bits per heavy atom. The first kappa shape index (κ1) is 16.3. The van der Waals surface area contributed by atoms with Crippen LogP contribution >= 0.6 is 15.9 Å². The van der Waals surface area contributed by atoms with E-state index in [1.807, 2.05) is 37.4 Å². The van der Waals surface area contributed by atoms with Crippen molar-refractivity contribution in [1.82, 2.24) is 4.98 Å². The van der Waals surface area contributed by atoms with Gasteiger partial charge in [0.1, 0.15) is 11.2 Å². The van der Waals surface area contributed by atoms with Gasteiger partial charge >= 0.3 is 0 Å². The second kappa shape index (κ2) is 6.36. The molecule has 2 heterocycles. The number of pyridine rings is 1. The number of fused-ring (bicyclic) bond motifs is 3. The van der Waals surface area contributed by atoms with E-state index >= 15 is 0 Å². The smallest absolute Gasteiger partial charge is 0.149 e. The Labute approximate surface area is 165 Å². The first-order chi connectivity index (χ1) is 13.2. The Balaban J connectivity index is 1.63. The van der Waals surface area contributed by atoms with Crippen molar-refractivity contribution in [2.24, 2.45) is 0 Å². The molecule has 2 aromatic heterocycles. The normalized spacial score (nSPS) is 11.3. The predicted octanol–water partition coefficient (Wildman–Crippen LogP) is 7.39. The van der Waals surface area contributed by atoms with Gasteiger partial charge in [-0.15, -0.1) is 0 Å². The largest absolute Gasteiger partial charge is 0.455 e. The lowest BCUT2D eigenvalue weighted by atomic mass is 9.98. The highest BCUT2D eigenvalue weighted by molar-refractivity contribution is 9.10. The summed E-state index contributed by atoms with van der Waals surface area (Å²) in [4.78, 5) is 4.39. The van der Waals surface area contributed by atoms with E-state index in [0.717, 1.165) is 37.7 Å². The van der Waals surface area contributed by atoms with Crippen LogP contribution in [0.25, 0.3) is 44.2 Å². The summed E-state index contributed by atoms with van der Waals surface area (Å²) < 4.78 is 6.98. The second-order valence-electron chi connectivity index (χ2n) is 6.65. The minimum Gasteiger partial charge on any atom is -0.455 e. The number of hydrogen-bond acceptors (Lipinski definition) is 2. The number of aryl methyl sites for hydroxylation is 1. The molecule has 27 heavy (non-hydrogen) atoms. The average Bonchev–Trinajstić information content (AvgIpc) is 3.08. The molecule has 130 valence electrons. The summed E-state index contributed by atoms with van der Waals surface area (Å²) in [6, 6.07) is 25.2. The Morgan fingerprint density at radius 1 is 0.778 bits per heavy atom. The van der Waals surface area contributed by atoms with Crippen LogP contribution < -0.4 is 0 Å². The van der Waals surface area contributed by atoms with E-state index in [2.05, 4.69) is 69.4 Å². The Hall–Kier alpha value is -2.91. The van der Waals surface area contributed by atoms with Crippen LogP contribution in [0.2, 0.25) is 0 Å². The summed E-state index contributed by atoms with van der Waals surface area (Å²) in [6.07, 6.45) is 1.83. The number of aromatic nitrogens is 1. The summed E-state index contributed by atoms with van der Waals surface area (Å²) in [6.45, 7) is 2.04. The van der Waals surface area contributed by atoms with E-state index in [1.165, 1.54) is 16.7 Å². The first-order valence-corrected chi connectivity index (χ1v) is 9.63.